The second kappa shape index (κ2) is 4.59. The quantitative estimate of drug-likeness (QED) is 0.621. The Morgan fingerprint density at radius 2 is 2.31 bits per heavy atom. The maximum absolute atomic E-state index is 12.5. The zero-order chi connectivity index (χ0) is 12.3. The summed E-state index contributed by atoms with van der Waals surface area (Å²) in [6.07, 6.45) is -3.11. The summed E-state index contributed by atoms with van der Waals surface area (Å²) in [5.41, 5.74) is -2.80. The standard InChI is InChI=1S/C8H5F2N3O3/c9-8(10)5-1-4(2-11)12-6(3-14)7(5)13(15)16/h1,8,14H,3H2. The molecule has 0 aliphatic carbocycles. The summed E-state index contributed by atoms with van der Waals surface area (Å²) in [5.74, 6) is 0. The Bertz CT molecular complexity index is 470. The van der Waals surface area contributed by atoms with Crippen molar-refractivity contribution in [2.75, 3.05) is 0 Å². The number of alkyl halides is 2. The van der Waals surface area contributed by atoms with Crippen molar-refractivity contribution in [3.05, 3.63) is 33.1 Å². The van der Waals surface area contributed by atoms with Crippen molar-refractivity contribution in [1.29, 1.82) is 5.26 Å². The molecule has 0 aromatic carbocycles. The maximum Gasteiger partial charge on any atom is 0.302 e. The van der Waals surface area contributed by atoms with E-state index in [1.807, 2.05) is 0 Å². The molecule has 1 N–H and O–H groups in total. The van der Waals surface area contributed by atoms with Gasteiger partial charge in [0.1, 0.15) is 23.0 Å². The van der Waals surface area contributed by atoms with Gasteiger partial charge in [-0.15, -0.1) is 0 Å². The number of aliphatic hydroxyl groups is 1. The van der Waals surface area contributed by atoms with Crippen LogP contribution in [0.15, 0.2) is 6.07 Å². The van der Waals surface area contributed by atoms with Crippen LogP contribution in [0.5, 0.6) is 0 Å². The van der Waals surface area contributed by atoms with Crippen LogP contribution in [-0.2, 0) is 6.61 Å². The lowest BCUT2D eigenvalue weighted by Gasteiger charge is -2.05. The van der Waals surface area contributed by atoms with E-state index in [4.69, 9.17) is 10.4 Å². The smallest absolute Gasteiger partial charge is 0.302 e. The molecule has 0 saturated carbocycles. The van der Waals surface area contributed by atoms with Crippen LogP contribution in [0.1, 0.15) is 23.4 Å². The molecule has 84 valence electrons. The molecule has 0 saturated heterocycles. The predicted molar refractivity (Wildman–Crippen MR) is 46.5 cm³/mol. The highest BCUT2D eigenvalue weighted by molar-refractivity contribution is 5.48. The summed E-state index contributed by atoms with van der Waals surface area (Å²) in [7, 11) is 0. The zero-order valence-corrected chi connectivity index (χ0v) is 7.72. The second-order valence-electron chi connectivity index (χ2n) is 2.72. The third kappa shape index (κ3) is 2.09. The lowest BCUT2D eigenvalue weighted by atomic mass is 10.1. The Labute approximate surface area is 87.9 Å². The molecule has 1 heterocycles. The van der Waals surface area contributed by atoms with Crippen LogP contribution in [0, 0.1) is 21.4 Å². The third-order valence-corrected chi connectivity index (χ3v) is 1.78. The summed E-state index contributed by atoms with van der Waals surface area (Å²) in [4.78, 5) is 12.9. The highest BCUT2D eigenvalue weighted by atomic mass is 19.3. The number of aromatic nitrogens is 1. The largest absolute Gasteiger partial charge is 0.390 e. The number of hydrogen-bond acceptors (Lipinski definition) is 5. The first-order chi connectivity index (χ1) is 7.51. The van der Waals surface area contributed by atoms with E-state index >= 15 is 0 Å². The Morgan fingerprint density at radius 3 is 2.69 bits per heavy atom. The maximum atomic E-state index is 12.5. The first-order valence-electron chi connectivity index (χ1n) is 3.98. The minimum atomic E-state index is -3.11. The van der Waals surface area contributed by atoms with Gasteiger partial charge < -0.3 is 5.11 Å². The fraction of sp³-hybridized carbons (Fsp3) is 0.250. The number of aliphatic hydroxyl groups excluding tert-OH is 1. The molecule has 0 fully saturated rings. The summed E-state index contributed by atoms with van der Waals surface area (Å²) >= 11 is 0. The fourth-order valence-electron chi connectivity index (χ4n) is 1.16. The Morgan fingerprint density at radius 1 is 1.69 bits per heavy atom. The molecule has 1 aromatic heterocycles. The van der Waals surface area contributed by atoms with Crippen molar-refractivity contribution in [2.24, 2.45) is 0 Å². The van der Waals surface area contributed by atoms with Crippen LogP contribution in [0.2, 0.25) is 0 Å². The van der Waals surface area contributed by atoms with E-state index in [0.29, 0.717) is 6.07 Å². The van der Waals surface area contributed by atoms with Gasteiger partial charge in [-0.2, -0.15) is 5.26 Å². The van der Waals surface area contributed by atoms with E-state index in [0.717, 1.165) is 0 Å². The average Bonchev–Trinajstić information content (AvgIpc) is 2.26. The summed E-state index contributed by atoms with van der Waals surface area (Å²) in [6.45, 7) is -0.883. The number of nitrogens with zero attached hydrogens (tertiary/aromatic N) is 3. The van der Waals surface area contributed by atoms with Crippen molar-refractivity contribution in [3.8, 4) is 6.07 Å². The van der Waals surface area contributed by atoms with Gasteiger partial charge in [0.25, 0.3) is 6.43 Å². The van der Waals surface area contributed by atoms with Gasteiger partial charge in [-0.3, -0.25) is 10.1 Å². The molecule has 1 aromatic rings. The lowest BCUT2D eigenvalue weighted by Crippen LogP contribution is -2.05. The van der Waals surface area contributed by atoms with E-state index < -0.39 is 40.6 Å². The van der Waals surface area contributed by atoms with Crippen LogP contribution in [0.25, 0.3) is 0 Å². The van der Waals surface area contributed by atoms with Gasteiger partial charge in [-0.25, -0.2) is 13.8 Å². The van der Waals surface area contributed by atoms with E-state index in [1.54, 1.807) is 0 Å². The minimum absolute atomic E-state index is 0.398. The normalized spacial score (nSPS) is 10.2. The van der Waals surface area contributed by atoms with Crippen LogP contribution >= 0.6 is 0 Å². The van der Waals surface area contributed by atoms with E-state index in [1.165, 1.54) is 6.07 Å². The monoisotopic (exact) mass is 229 g/mol. The van der Waals surface area contributed by atoms with Crippen LogP contribution in [-0.4, -0.2) is 15.0 Å². The van der Waals surface area contributed by atoms with Crippen molar-refractivity contribution in [3.63, 3.8) is 0 Å². The van der Waals surface area contributed by atoms with E-state index in [9.17, 15) is 18.9 Å². The van der Waals surface area contributed by atoms with E-state index in [2.05, 4.69) is 4.98 Å². The first kappa shape index (κ1) is 11.9. The number of nitro groups is 1. The number of hydrogen-bond donors (Lipinski definition) is 1. The molecule has 8 heteroatoms. The zero-order valence-electron chi connectivity index (χ0n) is 7.72. The highest BCUT2D eigenvalue weighted by Crippen LogP contribution is 2.31. The van der Waals surface area contributed by atoms with Gasteiger partial charge in [0.15, 0.2) is 0 Å². The van der Waals surface area contributed by atoms with Gasteiger partial charge in [0.2, 0.25) is 0 Å². The number of halogens is 2. The molecular weight excluding hydrogens is 224 g/mol. The van der Waals surface area contributed by atoms with Crippen LogP contribution in [0.4, 0.5) is 14.5 Å². The molecule has 0 spiro atoms. The summed E-state index contributed by atoms with van der Waals surface area (Å²) < 4.78 is 25.0. The van der Waals surface area contributed by atoms with Gasteiger partial charge in [-0.1, -0.05) is 0 Å². The molecule has 0 bridgehead atoms. The topological polar surface area (TPSA) is 100 Å². The summed E-state index contributed by atoms with van der Waals surface area (Å²) in [5, 5.41) is 27.8. The molecule has 0 aliphatic heterocycles. The Balaban J connectivity index is 3.55. The molecule has 0 radical (unpaired) electrons. The number of nitriles is 1. The van der Waals surface area contributed by atoms with Gasteiger partial charge in [0, 0.05) is 0 Å². The fourth-order valence-corrected chi connectivity index (χ4v) is 1.16. The van der Waals surface area contributed by atoms with Crippen molar-refractivity contribution in [2.45, 2.75) is 13.0 Å². The van der Waals surface area contributed by atoms with E-state index in [-0.39, 0.29) is 0 Å². The average molecular weight is 229 g/mol. The molecule has 16 heavy (non-hydrogen) atoms. The first-order valence-corrected chi connectivity index (χ1v) is 3.98. The Hall–Kier alpha value is -2.14. The van der Waals surface area contributed by atoms with Gasteiger partial charge >= 0.3 is 5.69 Å². The molecule has 0 atom stereocenters. The summed E-state index contributed by atoms with van der Waals surface area (Å²) in [6, 6.07) is 2.13. The molecule has 0 aliphatic rings. The van der Waals surface area contributed by atoms with Gasteiger partial charge in [0.05, 0.1) is 11.5 Å². The predicted octanol–water partition coefficient (Wildman–Crippen LogP) is 1.29. The second-order valence-corrected chi connectivity index (χ2v) is 2.72. The van der Waals surface area contributed by atoms with Crippen molar-refractivity contribution >= 4 is 5.69 Å². The number of pyridine rings is 1. The molecule has 6 nitrogen and oxygen atoms in total. The van der Waals surface area contributed by atoms with Crippen molar-refractivity contribution < 1.29 is 18.8 Å². The van der Waals surface area contributed by atoms with Gasteiger partial charge in [-0.05, 0) is 6.07 Å². The molecular formula is C8H5F2N3O3. The molecule has 1 rings (SSSR count). The lowest BCUT2D eigenvalue weighted by molar-refractivity contribution is -0.387. The van der Waals surface area contributed by atoms with Crippen molar-refractivity contribution in [1.82, 2.24) is 4.98 Å². The molecule has 0 amide bonds. The van der Waals surface area contributed by atoms with Crippen LogP contribution < -0.4 is 0 Å². The molecule has 0 unspecified atom stereocenters. The van der Waals surface area contributed by atoms with Crippen LogP contribution in [0.3, 0.4) is 0 Å². The third-order valence-electron chi connectivity index (χ3n) is 1.78. The SMILES string of the molecule is N#Cc1cc(C(F)F)c([N+](=O)[O-])c(CO)n1. The highest BCUT2D eigenvalue weighted by Gasteiger charge is 2.27. The minimum Gasteiger partial charge on any atom is -0.390 e. The Kier molecular flexibility index (Phi) is 3.42. The number of rotatable bonds is 3.